The van der Waals surface area contributed by atoms with Crippen molar-refractivity contribution < 1.29 is 14.2 Å². The lowest BCUT2D eigenvalue weighted by atomic mass is 10.2. The van der Waals surface area contributed by atoms with E-state index in [1.807, 2.05) is 0 Å². The fourth-order valence-corrected chi connectivity index (χ4v) is 1.48. The highest BCUT2D eigenvalue weighted by Crippen LogP contribution is 2.17. The predicted molar refractivity (Wildman–Crippen MR) is 65.7 cm³/mol. The van der Waals surface area contributed by atoms with Gasteiger partial charge in [-0.2, -0.15) is 0 Å². The summed E-state index contributed by atoms with van der Waals surface area (Å²) in [6.07, 6.45) is 1.71. The van der Waals surface area contributed by atoms with Crippen LogP contribution >= 0.6 is 0 Å². The van der Waals surface area contributed by atoms with E-state index in [2.05, 4.69) is 22.2 Å². The van der Waals surface area contributed by atoms with E-state index in [1.54, 1.807) is 24.0 Å². The molecule has 0 saturated heterocycles. The van der Waals surface area contributed by atoms with Crippen LogP contribution in [0.1, 0.15) is 11.3 Å². The normalized spacial score (nSPS) is 9.84. The van der Waals surface area contributed by atoms with Gasteiger partial charge in [0, 0.05) is 18.7 Å². The smallest absolute Gasteiger partial charge is 0.134 e. The zero-order valence-corrected chi connectivity index (χ0v) is 10.3. The fraction of sp³-hybridized carbons (Fsp3) is 0.231. The zero-order chi connectivity index (χ0) is 13.7. The van der Waals surface area contributed by atoms with Crippen molar-refractivity contribution in [2.75, 3.05) is 6.61 Å². The third-order valence-corrected chi connectivity index (χ3v) is 2.22. The molecule has 0 amide bonds. The molecule has 0 saturated carbocycles. The summed E-state index contributed by atoms with van der Waals surface area (Å²) in [5.74, 6) is 4.99. The van der Waals surface area contributed by atoms with Crippen LogP contribution in [-0.2, 0) is 13.7 Å². The molecule has 1 heterocycles. The van der Waals surface area contributed by atoms with E-state index < -0.39 is 5.82 Å². The van der Waals surface area contributed by atoms with Crippen molar-refractivity contribution in [1.29, 1.82) is 0 Å². The maximum Gasteiger partial charge on any atom is 0.134 e. The highest BCUT2D eigenvalue weighted by molar-refractivity contribution is 5.40. The van der Waals surface area contributed by atoms with Crippen molar-refractivity contribution in [3.8, 4) is 17.6 Å². The van der Waals surface area contributed by atoms with Crippen LogP contribution in [0.2, 0.25) is 0 Å². The van der Waals surface area contributed by atoms with E-state index in [0.29, 0.717) is 17.0 Å². The molecule has 6 heteroatoms. The maximum atomic E-state index is 13.3. The Labute approximate surface area is 109 Å². The van der Waals surface area contributed by atoms with Crippen LogP contribution in [0, 0.1) is 17.7 Å². The van der Waals surface area contributed by atoms with Crippen molar-refractivity contribution in [2.45, 2.75) is 6.61 Å². The Morgan fingerprint density at radius 2 is 2.26 bits per heavy atom. The number of aliphatic hydroxyl groups excluding tert-OH is 1. The molecule has 2 rings (SSSR count). The summed E-state index contributed by atoms with van der Waals surface area (Å²) in [6, 6.07) is 4.14. The average molecular weight is 261 g/mol. The lowest BCUT2D eigenvalue weighted by Crippen LogP contribution is -1.97. The van der Waals surface area contributed by atoms with E-state index in [9.17, 15) is 4.39 Å². The van der Waals surface area contributed by atoms with Gasteiger partial charge in [-0.15, -0.1) is 5.10 Å². The minimum absolute atomic E-state index is 0.199. The molecule has 0 unspecified atom stereocenters. The van der Waals surface area contributed by atoms with Crippen molar-refractivity contribution >= 4 is 0 Å². The molecule has 5 nitrogen and oxygen atoms in total. The minimum atomic E-state index is -0.445. The Balaban J connectivity index is 2.09. The third kappa shape index (κ3) is 3.79. The van der Waals surface area contributed by atoms with Crippen LogP contribution in [0.15, 0.2) is 24.4 Å². The fourth-order valence-electron chi connectivity index (χ4n) is 1.48. The van der Waals surface area contributed by atoms with Gasteiger partial charge in [0.05, 0.1) is 6.20 Å². The molecule has 1 aromatic carbocycles. The first-order valence-corrected chi connectivity index (χ1v) is 5.55. The molecular weight excluding hydrogens is 249 g/mol. The van der Waals surface area contributed by atoms with Gasteiger partial charge in [-0.1, -0.05) is 17.1 Å². The molecule has 0 fully saturated rings. The largest absolute Gasteiger partial charge is 0.487 e. The Hall–Kier alpha value is -2.39. The summed E-state index contributed by atoms with van der Waals surface area (Å²) in [7, 11) is 1.75. The number of benzene rings is 1. The average Bonchev–Trinajstić information content (AvgIpc) is 2.79. The standard InChI is InChI=1S/C13H12FN3O2/c1-17-8-12(15-16-17)9-19-13-6-10(3-2-4-18)5-11(14)7-13/h5-8,18H,4,9H2,1H3. The number of rotatable bonds is 3. The van der Waals surface area contributed by atoms with Crippen LogP contribution in [0.25, 0.3) is 0 Å². The first-order chi connectivity index (χ1) is 9.17. The molecule has 2 aromatic rings. The van der Waals surface area contributed by atoms with Gasteiger partial charge in [0.2, 0.25) is 0 Å². The van der Waals surface area contributed by atoms with Crippen LogP contribution < -0.4 is 4.74 Å². The van der Waals surface area contributed by atoms with Crippen LogP contribution in [0.4, 0.5) is 4.39 Å². The zero-order valence-electron chi connectivity index (χ0n) is 10.3. The van der Waals surface area contributed by atoms with Gasteiger partial charge in [0.1, 0.15) is 30.5 Å². The van der Waals surface area contributed by atoms with E-state index in [4.69, 9.17) is 9.84 Å². The summed E-state index contributed by atoms with van der Waals surface area (Å²) in [5.41, 5.74) is 1.10. The van der Waals surface area contributed by atoms with Gasteiger partial charge in [-0.3, -0.25) is 4.68 Å². The molecule has 0 radical (unpaired) electrons. The molecule has 0 aliphatic heterocycles. The second-order valence-corrected chi connectivity index (χ2v) is 3.81. The maximum absolute atomic E-state index is 13.3. The Kier molecular flexibility index (Phi) is 4.11. The Bertz CT molecular complexity index is 628. The monoisotopic (exact) mass is 261 g/mol. The number of halogens is 1. The van der Waals surface area contributed by atoms with Crippen LogP contribution in [0.3, 0.4) is 0 Å². The van der Waals surface area contributed by atoms with Crippen molar-refractivity contribution in [1.82, 2.24) is 15.0 Å². The number of aryl methyl sites for hydroxylation is 1. The highest BCUT2D eigenvalue weighted by Gasteiger charge is 2.03. The number of ether oxygens (including phenoxy) is 1. The second kappa shape index (κ2) is 5.98. The number of hydrogen-bond donors (Lipinski definition) is 1. The number of nitrogens with zero attached hydrogens (tertiary/aromatic N) is 3. The highest BCUT2D eigenvalue weighted by atomic mass is 19.1. The lowest BCUT2D eigenvalue weighted by Gasteiger charge is -2.04. The molecular formula is C13H12FN3O2. The van der Waals surface area contributed by atoms with E-state index in [-0.39, 0.29) is 13.2 Å². The molecule has 0 aliphatic rings. The van der Waals surface area contributed by atoms with Gasteiger partial charge < -0.3 is 9.84 Å². The van der Waals surface area contributed by atoms with Crippen LogP contribution in [0.5, 0.6) is 5.75 Å². The van der Waals surface area contributed by atoms with E-state index in [1.165, 1.54) is 12.1 Å². The SMILES string of the molecule is Cn1cc(COc2cc(F)cc(C#CCO)c2)nn1. The van der Waals surface area contributed by atoms with E-state index >= 15 is 0 Å². The predicted octanol–water partition coefficient (Wildman–Crippen LogP) is 0.877. The molecule has 1 N–H and O–H groups in total. The van der Waals surface area contributed by atoms with Crippen LogP contribution in [-0.4, -0.2) is 26.7 Å². The molecule has 1 aromatic heterocycles. The molecule has 98 valence electrons. The molecule has 0 atom stereocenters. The number of hydrogen-bond acceptors (Lipinski definition) is 4. The van der Waals surface area contributed by atoms with Gasteiger partial charge in [0.15, 0.2) is 0 Å². The lowest BCUT2D eigenvalue weighted by molar-refractivity contribution is 0.299. The summed E-state index contributed by atoms with van der Waals surface area (Å²) in [6.45, 7) is -0.0729. The summed E-state index contributed by atoms with van der Waals surface area (Å²) in [4.78, 5) is 0. The Morgan fingerprint density at radius 3 is 2.95 bits per heavy atom. The first-order valence-electron chi connectivity index (χ1n) is 5.55. The molecule has 19 heavy (non-hydrogen) atoms. The Morgan fingerprint density at radius 1 is 1.42 bits per heavy atom. The van der Waals surface area contributed by atoms with Crippen molar-refractivity contribution in [3.05, 3.63) is 41.5 Å². The van der Waals surface area contributed by atoms with Crippen molar-refractivity contribution in [3.63, 3.8) is 0 Å². The van der Waals surface area contributed by atoms with Gasteiger partial charge >= 0.3 is 0 Å². The molecule has 0 aliphatic carbocycles. The topological polar surface area (TPSA) is 60.2 Å². The second-order valence-electron chi connectivity index (χ2n) is 3.81. The molecule has 0 spiro atoms. The van der Waals surface area contributed by atoms with E-state index in [0.717, 1.165) is 0 Å². The van der Waals surface area contributed by atoms with Crippen molar-refractivity contribution in [2.24, 2.45) is 7.05 Å². The first kappa shape index (κ1) is 13.1. The van der Waals surface area contributed by atoms with Gasteiger partial charge in [0.25, 0.3) is 0 Å². The quantitative estimate of drug-likeness (QED) is 0.833. The number of aromatic nitrogens is 3. The third-order valence-electron chi connectivity index (χ3n) is 2.22. The molecule has 0 bridgehead atoms. The summed E-state index contributed by atoms with van der Waals surface area (Å²) >= 11 is 0. The van der Waals surface area contributed by atoms with Gasteiger partial charge in [-0.25, -0.2) is 4.39 Å². The summed E-state index contributed by atoms with van der Waals surface area (Å²) < 4.78 is 20.3. The minimum Gasteiger partial charge on any atom is -0.487 e. The van der Waals surface area contributed by atoms with Gasteiger partial charge in [-0.05, 0) is 12.1 Å². The number of aliphatic hydroxyl groups is 1. The summed E-state index contributed by atoms with van der Waals surface area (Å²) in [5, 5.41) is 16.2.